The van der Waals surface area contributed by atoms with E-state index in [1.165, 1.54) is 12.8 Å². The van der Waals surface area contributed by atoms with Crippen LogP contribution in [-0.2, 0) is 6.54 Å². The molecule has 6 heteroatoms. The zero-order valence-corrected chi connectivity index (χ0v) is 13.2. The van der Waals surface area contributed by atoms with Crippen LogP contribution in [0.1, 0.15) is 17.8 Å². The van der Waals surface area contributed by atoms with Gasteiger partial charge in [-0.05, 0) is 47.6 Å². The van der Waals surface area contributed by atoms with E-state index < -0.39 is 0 Å². The molecule has 1 aliphatic carbocycles. The minimum atomic E-state index is 0.699. The fourth-order valence-corrected chi connectivity index (χ4v) is 2.89. The molecule has 2 aromatic rings. The van der Waals surface area contributed by atoms with E-state index in [1.54, 1.807) is 11.3 Å². The molecule has 1 aromatic carbocycles. The van der Waals surface area contributed by atoms with Crippen LogP contribution in [0, 0.1) is 3.57 Å². The van der Waals surface area contributed by atoms with Gasteiger partial charge in [-0.25, -0.2) is 0 Å². The van der Waals surface area contributed by atoms with Gasteiger partial charge in [0.1, 0.15) is 10.0 Å². The third-order valence-electron chi connectivity index (χ3n) is 2.75. The van der Waals surface area contributed by atoms with E-state index in [4.69, 9.17) is 11.6 Å². The molecule has 94 valence electrons. The van der Waals surface area contributed by atoms with Crippen LogP contribution in [0.5, 0.6) is 0 Å². The molecule has 18 heavy (non-hydrogen) atoms. The minimum Gasteiger partial charge on any atom is -0.308 e. The van der Waals surface area contributed by atoms with Crippen LogP contribution < -0.4 is 5.32 Å². The highest BCUT2D eigenvalue weighted by Crippen LogP contribution is 2.29. The average molecular weight is 392 g/mol. The number of hydrogen-bond donors (Lipinski definition) is 1. The first-order chi connectivity index (χ1) is 8.72. The van der Waals surface area contributed by atoms with E-state index in [-0.39, 0.29) is 0 Å². The van der Waals surface area contributed by atoms with Gasteiger partial charge >= 0.3 is 0 Å². The maximum Gasteiger partial charge on any atom is 0.147 e. The number of rotatable bonds is 4. The van der Waals surface area contributed by atoms with E-state index in [2.05, 4.69) is 38.1 Å². The third-order valence-corrected chi connectivity index (χ3v) is 5.30. The van der Waals surface area contributed by atoms with Crippen LogP contribution in [0.3, 0.4) is 0 Å². The summed E-state index contributed by atoms with van der Waals surface area (Å²) in [5.41, 5.74) is 1.04. The van der Waals surface area contributed by atoms with Crippen LogP contribution in [0.15, 0.2) is 18.2 Å². The molecule has 3 rings (SSSR count). The third kappa shape index (κ3) is 3.01. The molecule has 1 fully saturated rings. The summed E-state index contributed by atoms with van der Waals surface area (Å²) < 4.78 is 1.05. The van der Waals surface area contributed by atoms with Crippen molar-refractivity contribution in [3.05, 3.63) is 31.8 Å². The van der Waals surface area contributed by atoms with Gasteiger partial charge in [0.15, 0.2) is 0 Å². The van der Waals surface area contributed by atoms with Gasteiger partial charge in [-0.3, -0.25) is 0 Å². The van der Waals surface area contributed by atoms with E-state index in [0.717, 1.165) is 30.7 Å². The SMILES string of the molecule is Clc1cc(-c2nnc(CNC3CC3)s2)ccc1I. The molecule has 0 atom stereocenters. The van der Waals surface area contributed by atoms with E-state index >= 15 is 0 Å². The lowest BCUT2D eigenvalue weighted by Crippen LogP contribution is -2.14. The van der Waals surface area contributed by atoms with Crippen LogP contribution >= 0.6 is 45.5 Å². The largest absolute Gasteiger partial charge is 0.308 e. The second-order valence-corrected chi connectivity index (χ2v) is 6.92. The number of nitrogens with one attached hydrogen (secondary N) is 1. The Morgan fingerprint density at radius 2 is 2.22 bits per heavy atom. The maximum absolute atomic E-state index is 6.12. The van der Waals surface area contributed by atoms with Gasteiger partial charge in [0.25, 0.3) is 0 Å². The molecule has 0 saturated heterocycles. The Kier molecular flexibility index (Phi) is 3.83. The molecule has 3 nitrogen and oxygen atoms in total. The van der Waals surface area contributed by atoms with Crippen molar-refractivity contribution in [2.45, 2.75) is 25.4 Å². The predicted molar refractivity (Wildman–Crippen MR) is 82.9 cm³/mol. The molecule has 1 N–H and O–H groups in total. The average Bonchev–Trinajstić information content (AvgIpc) is 3.08. The Balaban J connectivity index is 1.76. The van der Waals surface area contributed by atoms with Crippen molar-refractivity contribution >= 4 is 45.5 Å². The highest BCUT2D eigenvalue weighted by atomic mass is 127. The molecule has 1 aromatic heterocycles. The van der Waals surface area contributed by atoms with Crippen molar-refractivity contribution in [3.8, 4) is 10.6 Å². The highest BCUT2D eigenvalue weighted by molar-refractivity contribution is 14.1. The van der Waals surface area contributed by atoms with Gasteiger partial charge in [0.05, 0.1) is 5.02 Å². The van der Waals surface area contributed by atoms with Crippen molar-refractivity contribution in [2.75, 3.05) is 0 Å². The molecular formula is C12H11ClIN3S. The fourth-order valence-electron chi connectivity index (χ4n) is 1.59. The predicted octanol–water partition coefficient (Wildman–Crippen LogP) is 3.72. The van der Waals surface area contributed by atoms with Gasteiger partial charge in [-0.15, -0.1) is 10.2 Å². The van der Waals surface area contributed by atoms with Crippen molar-refractivity contribution in [1.82, 2.24) is 15.5 Å². The van der Waals surface area contributed by atoms with E-state index in [1.807, 2.05) is 18.2 Å². The van der Waals surface area contributed by atoms with Gasteiger partial charge in [0, 0.05) is 21.7 Å². The number of benzene rings is 1. The summed E-state index contributed by atoms with van der Waals surface area (Å²) in [6.07, 6.45) is 2.58. The zero-order chi connectivity index (χ0) is 12.5. The van der Waals surface area contributed by atoms with Crippen molar-refractivity contribution in [1.29, 1.82) is 0 Å². The molecule has 1 aliphatic rings. The molecule has 0 unspecified atom stereocenters. The smallest absolute Gasteiger partial charge is 0.147 e. The molecule has 0 aliphatic heterocycles. The van der Waals surface area contributed by atoms with Crippen molar-refractivity contribution in [3.63, 3.8) is 0 Å². The molecule has 0 amide bonds. The van der Waals surface area contributed by atoms with Crippen LogP contribution in [-0.4, -0.2) is 16.2 Å². The molecular weight excluding hydrogens is 381 g/mol. The number of aromatic nitrogens is 2. The molecule has 1 saturated carbocycles. The summed E-state index contributed by atoms with van der Waals surface area (Å²) >= 11 is 9.96. The van der Waals surface area contributed by atoms with E-state index in [9.17, 15) is 0 Å². The molecule has 0 spiro atoms. The maximum atomic E-state index is 6.12. The lowest BCUT2D eigenvalue weighted by Gasteiger charge is -1.98. The van der Waals surface area contributed by atoms with Gasteiger partial charge in [-0.2, -0.15) is 0 Å². The topological polar surface area (TPSA) is 37.8 Å². The van der Waals surface area contributed by atoms with Crippen LogP contribution in [0.4, 0.5) is 0 Å². The van der Waals surface area contributed by atoms with Gasteiger partial charge in [0.2, 0.25) is 0 Å². The first kappa shape index (κ1) is 12.8. The normalized spacial score (nSPS) is 15.0. The Bertz CT molecular complexity index is 568. The quantitative estimate of drug-likeness (QED) is 0.807. The van der Waals surface area contributed by atoms with Gasteiger partial charge < -0.3 is 5.32 Å². The lowest BCUT2D eigenvalue weighted by molar-refractivity contribution is 0.679. The molecule has 0 bridgehead atoms. The molecule has 1 heterocycles. The Labute approximate surface area is 128 Å². The summed E-state index contributed by atoms with van der Waals surface area (Å²) in [6.45, 7) is 0.820. The fraction of sp³-hybridized carbons (Fsp3) is 0.333. The second kappa shape index (κ2) is 5.40. The van der Waals surface area contributed by atoms with Crippen molar-refractivity contribution in [2.24, 2.45) is 0 Å². The van der Waals surface area contributed by atoms with Crippen LogP contribution in [0.25, 0.3) is 10.6 Å². The second-order valence-electron chi connectivity index (χ2n) is 4.29. The summed E-state index contributed by atoms with van der Waals surface area (Å²) in [7, 11) is 0. The summed E-state index contributed by atoms with van der Waals surface area (Å²) in [5.74, 6) is 0. The summed E-state index contributed by atoms with van der Waals surface area (Å²) in [5, 5.41) is 14.6. The summed E-state index contributed by atoms with van der Waals surface area (Å²) in [6, 6.07) is 6.68. The Morgan fingerprint density at radius 1 is 1.39 bits per heavy atom. The molecule has 0 radical (unpaired) electrons. The van der Waals surface area contributed by atoms with Gasteiger partial charge in [-0.1, -0.05) is 29.0 Å². The minimum absolute atomic E-state index is 0.699. The zero-order valence-electron chi connectivity index (χ0n) is 9.49. The first-order valence-electron chi connectivity index (χ1n) is 5.73. The van der Waals surface area contributed by atoms with Crippen LogP contribution in [0.2, 0.25) is 5.02 Å². The first-order valence-corrected chi connectivity index (χ1v) is 8.01. The Hall–Kier alpha value is -0.240. The summed E-state index contributed by atoms with van der Waals surface area (Å²) in [4.78, 5) is 0. The highest BCUT2D eigenvalue weighted by Gasteiger charge is 2.20. The van der Waals surface area contributed by atoms with Crippen molar-refractivity contribution < 1.29 is 0 Å². The lowest BCUT2D eigenvalue weighted by atomic mass is 10.2. The Morgan fingerprint density at radius 3 is 2.94 bits per heavy atom. The number of nitrogens with zero attached hydrogens (tertiary/aromatic N) is 2. The number of hydrogen-bond acceptors (Lipinski definition) is 4. The van der Waals surface area contributed by atoms with E-state index in [0.29, 0.717) is 6.04 Å². The standard InChI is InChI=1S/C12H11ClIN3S/c13-9-5-7(1-4-10(9)14)12-17-16-11(18-12)6-15-8-2-3-8/h1,4-5,8,15H,2-3,6H2. The monoisotopic (exact) mass is 391 g/mol. The number of halogens is 2.